The van der Waals surface area contributed by atoms with Crippen molar-refractivity contribution in [3.8, 4) is 0 Å². The average Bonchev–Trinajstić information content (AvgIpc) is 2.74. The quantitative estimate of drug-likeness (QED) is 0.854. The van der Waals surface area contributed by atoms with E-state index in [1.807, 2.05) is 6.92 Å². The van der Waals surface area contributed by atoms with E-state index in [4.69, 9.17) is 5.73 Å². The minimum atomic E-state index is -3.70. The zero-order chi connectivity index (χ0) is 15.6. The van der Waals surface area contributed by atoms with Crippen LogP contribution in [0.15, 0.2) is 29.4 Å². The van der Waals surface area contributed by atoms with Crippen molar-refractivity contribution in [2.75, 3.05) is 5.73 Å². The summed E-state index contributed by atoms with van der Waals surface area (Å²) in [5.41, 5.74) is 6.31. The molecule has 0 fully saturated rings. The van der Waals surface area contributed by atoms with Gasteiger partial charge in [0.1, 0.15) is 5.65 Å². The van der Waals surface area contributed by atoms with E-state index in [9.17, 15) is 8.42 Å². The number of anilines is 1. The first kappa shape index (κ1) is 15.8. The Morgan fingerprint density at radius 1 is 1.38 bits per heavy atom. The molecule has 0 amide bonds. The molecule has 116 valence electrons. The lowest BCUT2D eigenvalue weighted by Crippen LogP contribution is -2.34. The van der Waals surface area contributed by atoms with E-state index in [0.717, 1.165) is 12.8 Å². The normalized spacial score (nSPS) is 15.2. The van der Waals surface area contributed by atoms with Gasteiger partial charge in [-0.15, -0.1) is 0 Å². The second kappa shape index (κ2) is 6.03. The fraction of sp³-hybridized carbons (Fsp3) is 0.500. The number of nitrogens with one attached hydrogen (secondary N) is 1. The lowest BCUT2D eigenvalue weighted by molar-refractivity contribution is 0.445. The van der Waals surface area contributed by atoms with Gasteiger partial charge in [0.15, 0.2) is 10.8 Å². The van der Waals surface area contributed by atoms with Crippen LogP contribution in [0.4, 0.5) is 5.82 Å². The Balaban J connectivity index is 2.32. The molecule has 2 atom stereocenters. The second-order valence-corrected chi connectivity index (χ2v) is 7.13. The van der Waals surface area contributed by atoms with Gasteiger partial charge in [-0.25, -0.2) is 18.1 Å². The number of hydrogen-bond donors (Lipinski definition) is 2. The molecule has 7 heteroatoms. The van der Waals surface area contributed by atoms with Gasteiger partial charge in [-0.05, 0) is 31.4 Å². The highest BCUT2D eigenvalue weighted by atomic mass is 32.2. The van der Waals surface area contributed by atoms with Crippen LogP contribution >= 0.6 is 0 Å². The van der Waals surface area contributed by atoms with Gasteiger partial charge < -0.3 is 5.73 Å². The number of sulfonamides is 1. The van der Waals surface area contributed by atoms with Gasteiger partial charge in [0.25, 0.3) is 10.0 Å². The molecule has 0 aromatic carbocycles. The first-order chi connectivity index (χ1) is 9.85. The predicted molar refractivity (Wildman–Crippen MR) is 83.5 cm³/mol. The lowest BCUT2D eigenvalue weighted by Gasteiger charge is -2.17. The zero-order valence-corrected chi connectivity index (χ0v) is 13.4. The van der Waals surface area contributed by atoms with Crippen molar-refractivity contribution in [3.05, 3.63) is 24.4 Å². The van der Waals surface area contributed by atoms with Crippen LogP contribution in [0.25, 0.3) is 5.65 Å². The van der Waals surface area contributed by atoms with Crippen LogP contribution in [0.1, 0.15) is 33.6 Å². The number of rotatable bonds is 6. The van der Waals surface area contributed by atoms with Crippen LogP contribution in [-0.4, -0.2) is 23.8 Å². The van der Waals surface area contributed by atoms with Gasteiger partial charge in [-0.3, -0.25) is 4.40 Å². The molecule has 3 N–H and O–H groups in total. The number of aromatic nitrogens is 2. The standard InChI is InChI=1S/C14H22N4O2S/c1-4-10(2)9-11(3)17-21(19,20)14-13(15)16-12-7-5-6-8-18(12)14/h5-8,10-11,17H,4,9,15H2,1-3H3. The van der Waals surface area contributed by atoms with Crippen molar-refractivity contribution in [2.24, 2.45) is 5.92 Å². The fourth-order valence-electron chi connectivity index (χ4n) is 2.40. The molecule has 0 spiro atoms. The van der Waals surface area contributed by atoms with Gasteiger partial charge >= 0.3 is 0 Å². The highest BCUT2D eigenvalue weighted by Gasteiger charge is 2.25. The number of nitrogens with two attached hydrogens (primary N) is 1. The topological polar surface area (TPSA) is 89.5 Å². The van der Waals surface area contributed by atoms with E-state index in [1.54, 1.807) is 24.4 Å². The van der Waals surface area contributed by atoms with Crippen molar-refractivity contribution in [2.45, 2.75) is 44.7 Å². The summed E-state index contributed by atoms with van der Waals surface area (Å²) in [6.45, 7) is 6.06. The molecular weight excluding hydrogens is 288 g/mol. The Morgan fingerprint density at radius 2 is 2.10 bits per heavy atom. The number of nitrogen functional groups attached to an aromatic ring is 1. The van der Waals surface area contributed by atoms with E-state index in [-0.39, 0.29) is 16.9 Å². The molecule has 2 heterocycles. The van der Waals surface area contributed by atoms with Crippen LogP contribution in [0, 0.1) is 5.92 Å². The van der Waals surface area contributed by atoms with Gasteiger partial charge in [-0.2, -0.15) is 0 Å². The molecule has 0 saturated carbocycles. The molecule has 0 bridgehead atoms. The van der Waals surface area contributed by atoms with Crippen LogP contribution in [0.5, 0.6) is 0 Å². The van der Waals surface area contributed by atoms with Crippen molar-refractivity contribution < 1.29 is 8.42 Å². The Morgan fingerprint density at radius 3 is 2.76 bits per heavy atom. The highest BCUT2D eigenvalue weighted by Crippen LogP contribution is 2.21. The summed E-state index contributed by atoms with van der Waals surface area (Å²) < 4.78 is 29.3. The van der Waals surface area contributed by atoms with Gasteiger partial charge in [-0.1, -0.05) is 26.3 Å². The van der Waals surface area contributed by atoms with Gasteiger partial charge in [0, 0.05) is 12.2 Å². The summed E-state index contributed by atoms with van der Waals surface area (Å²) in [7, 11) is -3.70. The molecular formula is C14H22N4O2S. The molecule has 0 radical (unpaired) electrons. The van der Waals surface area contributed by atoms with Crippen LogP contribution in [0.3, 0.4) is 0 Å². The van der Waals surface area contributed by atoms with Crippen LogP contribution in [0.2, 0.25) is 0 Å². The largest absolute Gasteiger partial charge is 0.381 e. The van der Waals surface area contributed by atoms with Crippen molar-refractivity contribution in [3.63, 3.8) is 0 Å². The molecule has 0 aliphatic carbocycles. The van der Waals surface area contributed by atoms with Crippen molar-refractivity contribution >= 4 is 21.5 Å². The summed E-state index contributed by atoms with van der Waals surface area (Å²) in [4.78, 5) is 4.09. The maximum atomic E-state index is 12.6. The molecule has 2 unspecified atom stereocenters. The van der Waals surface area contributed by atoms with Crippen molar-refractivity contribution in [1.29, 1.82) is 0 Å². The summed E-state index contributed by atoms with van der Waals surface area (Å²) in [6.07, 6.45) is 3.45. The van der Waals surface area contributed by atoms with E-state index in [1.165, 1.54) is 4.40 Å². The van der Waals surface area contributed by atoms with E-state index in [2.05, 4.69) is 23.6 Å². The molecule has 6 nitrogen and oxygen atoms in total. The third kappa shape index (κ3) is 3.36. The number of nitrogens with zero attached hydrogens (tertiary/aromatic N) is 2. The number of imidazole rings is 1. The monoisotopic (exact) mass is 310 g/mol. The van der Waals surface area contributed by atoms with E-state index < -0.39 is 10.0 Å². The number of pyridine rings is 1. The maximum absolute atomic E-state index is 12.6. The Labute approximate surface area is 125 Å². The maximum Gasteiger partial charge on any atom is 0.260 e. The Kier molecular flexibility index (Phi) is 4.53. The minimum Gasteiger partial charge on any atom is -0.381 e. The van der Waals surface area contributed by atoms with Crippen LogP contribution in [-0.2, 0) is 10.0 Å². The first-order valence-corrected chi connectivity index (χ1v) is 8.58. The molecule has 2 aromatic rings. The SMILES string of the molecule is CCC(C)CC(C)NS(=O)(=O)c1c(N)nc2ccccn12. The van der Waals surface area contributed by atoms with Crippen LogP contribution < -0.4 is 10.5 Å². The molecule has 2 rings (SSSR count). The molecule has 2 aromatic heterocycles. The zero-order valence-electron chi connectivity index (χ0n) is 12.6. The average molecular weight is 310 g/mol. The fourth-order valence-corrected chi connectivity index (χ4v) is 3.87. The molecule has 0 aliphatic rings. The number of fused-ring (bicyclic) bond motifs is 1. The van der Waals surface area contributed by atoms with E-state index >= 15 is 0 Å². The highest BCUT2D eigenvalue weighted by molar-refractivity contribution is 7.89. The summed E-state index contributed by atoms with van der Waals surface area (Å²) in [6, 6.07) is 5.10. The third-order valence-electron chi connectivity index (χ3n) is 3.58. The minimum absolute atomic E-state index is 0.00843. The summed E-state index contributed by atoms with van der Waals surface area (Å²) >= 11 is 0. The third-order valence-corrected chi connectivity index (χ3v) is 5.20. The first-order valence-electron chi connectivity index (χ1n) is 7.10. The Hall–Kier alpha value is -1.60. The summed E-state index contributed by atoms with van der Waals surface area (Å²) in [5.74, 6) is 0.478. The second-order valence-electron chi connectivity index (χ2n) is 5.50. The summed E-state index contributed by atoms with van der Waals surface area (Å²) in [5, 5.41) is 0.00843. The predicted octanol–water partition coefficient (Wildman–Crippen LogP) is 2.02. The number of hydrogen-bond acceptors (Lipinski definition) is 4. The van der Waals surface area contributed by atoms with Gasteiger partial charge in [0.05, 0.1) is 0 Å². The van der Waals surface area contributed by atoms with Gasteiger partial charge in [0.2, 0.25) is 0 Å². The van der Waals surface area contributed by atoms with Crippen molar-refractivity contribution in [1.82, 2.24) is 14.1 Å². The smallest absolute Gasteiger partial charge is 0.260 e. The molecule has 21 heavy (non-hydrogen) atoms. The lowest BCUT2D eigenvalue weighted by atomic mass is 10.0. The molecule has 0 aliphatic heterocycles. The Bertz CT molecular complexity index is 724. The molecule has 0 saturated heterocycles. The van der Waals surface area contributed by atoms with E-state index in [0.29, 0.717) is 11.6 Å².